The zero-order valence-corrected chi connectivity index (χ0v) is 17.0. The fraction of sp³-hybridized carbons (Fsp3) is 0.682. The van der Waals surface area contributed by atoms with Crippen molar-refractivity contribution in [2.24, 2.45) is 10.4 Å². The molecule has 0 bridgehead atoms. The number of hydrogen-bond acceptors (Lipinski definition) is 3. The molecule has 1 saturated heterocycles. The van der Waals surface area contributed by atoms with E-state index in [4.69, 9.17) is 4.99 Å². The SMILES string of the molecule is CCNC(=NCC1(C)CCCCC1O)NC1CCN(c2ccccc2)CC1. The highest BCUT2D eigenvalue weighted by molar-refractivity contribution is 5.80. The standard InChI is InChI=1S/C22H36N4O/c1-3-23-21(24-17-22(2)14-8-7-11-20(22)27)25-18-12-15-26(16-13-18)19-9-5-4-6-10-19/h4-6,9-10,18,20,27H,3,7-8,11-17H2,1-2H3,(H2,23,24,25). The van der Waals surface area contributed by atoms with Crippen molar-refractivity contribution in [2.75, 3.05) is 31.1 Å². The molecule has 1 aromatic carbocycles. The predicted octanol–water partition coefficient (Wildman–Crippen LogP) is 3.15. The van der Waals surface area contributed by atoms with Crippen molar-refractivity contribution < 1.29 is 5.11 Å². The zero-order chi connectivity index (χ0) is 19.1. The van der Waals surface area contributed by atoms with Gasteiger partial charge in [0.15, 0.2) is 5.96 Å². The lowest BCUT2D eigenvalue weighted by Crippen LogP contribution is -2.49. The van der Waals surface area contributed by atoms with Crippen LogP contribution in [-0.2, 0) is 0 Å². The Morgan fingerprint density at radius 3 is 2.59 bits per heavy atom. The molecular formula is C22H36N4O. The van der Waals surface area contributed by atoms with Gasteiger partial charge in [0.25, 0.3) is 0 Å². The van der Waals surface area contributed by atoms with Gasteiger partial charge in [-0.2, -0.15) is 0 Å². The van der Waals surface area contributed by atoms with Gasteiger partial charge in [0.1, 0.15) is 0 Å². The first kappa shape index (κ1) is 20.0. The zero-order valence-electron chi connectivity index (χ0n) is 17.0. The third kappa shape index (κ3) is 5.38. The van der Waals surface area contributed by atoms with Gasteiger partial charge in [0.2, 0.25) is 0 Å². The molecule has 5 heteroatoms. The number of aliphatic imine (C=N–C) groups is 1. The third-order valence-electron chi connectivity index (χ3n) is 6.18. The van der Waals surface area contributed by atoms with E-state index in [9.17, 15) is 5.11 Å². The van der Waals surface area contributed by atoms with Gasteiger partial charge in [-0.05, 0) is 44.7 Å². The van der Waals surface area contributed by atoms with Crippen LogP contribution in [0.5, 0.6) is 0 Å². The lowest BCUT2D eigenvalue weighted by Gasteiger charge is -2.37. The summed E-state index contributed by atoms with van der Waals surface area (Å²) >= 11 is 0. The van der Waals surface area contributed by atoms with Crippen LogP contribution >= 0.6 is 0 Å². The van der Waals surface area contributed by atoms with E-state index in [0.29, 0.717) is 12.6 Å². The fourth-order valence-electron chi connectivity index (χ4n) is 4.26. The van der Waals surface area contributed by atoms with Crippen LogP contribution in [0.3, 0.4) is 0 Å². The van der Waals surface area contributed by atoms with Crippen molar-refractivity contribution in [2.45, 2.75) is 64.5 Å². The molecule has 2 unspecified atom stereocenters. The monoisotopic (exact) mass is 372 g/mol. The maximum absolute atomic E-state index is 10.4. The molecule has 1 aromatic rings. The molecule has 27 heavy (non-hydrogen) atoms. The van der Waals surface area contributed by atoms with Crippen LogP contribution in [0.25, 0.3) is 0 Å². The maximum Gasteiger partial charge on any atom is 0.191 e. The molecule has 2 aliphatic rings. The van der Waals surface area contributed by atoms with Crippen LogP contribution in [0.4, 0.5) is 5.69 Å². The second-order valence-corrected chi connectivity index (χ2v) is 8.35. The number of aliphatic hydroxyl groups excluding tert-OH is 1. The Bertz CT molecular complexity index is 598. The Morgan fingerprint density at radius 2 is 1.93 bits per heavy atom. The van der Waals surface area contributed by atoms with Crippen molar-refractivity contribution in [3.8, 4) is 0 Å². The molecule has 150 valence electrons. The Hall–Kier alpha value is -1.75. The summed E-state index contributed by atoms with van der Waals surface area (Å²) in [6.07, 6.45) is 6.30. The molecule has 3 N–H and O–H groups in total. The highest BCUT2D eigenvalue weighted by Crippen LogP contribution is 2.36. The molecule has 0 aromatic heterocycles. The second kappa shape index (κ2) is 9.45. The van der Waals surface area contributed by atoms with Gasteiger partial charge in [-0.1, -0.05) is 38.0 Å². The number of rotatable bonds is 5. The molecule has 5 nitrogen and oxygen atoms in total. The predicted molar refractivity (Wildman–Crippen MR) is 113 cm³/mol. The summed E-state index contributed by atoms with van der Waals surface area (Å²) < 4.78 is 0. The van der Waals surface area contributed by atoms with Crippen LogP contribution in [-0.4, -0.2) is 49.4 Å². The van der Waals surface area contributed by atoms with E-state index >= 15 is 0 Å². The lowest BCUT2D eigenvalue weighted by atomic mass is 9.73. The van der Waals surface area contributed by atoms with Crippen molar-refractivity contribution in [1.29, 1.82) is 0 Å². The lowest BCUT2D eigenvalue weighted by molar-refractivity contribution is 0.00715. The molecule has 1 heterocycles. The number of anilines is 1. The minimum Gasteiger partial charge on any atom is -0.392 e. The van der Waals surface area contributed by atoms with E-state index in [2.05, 4.69) is 59.7 Å². The summed E-state index contributed by atoms with van der Waals surface area (Å²) in [5.41, 5.74) is 1.23. The molecular weight excluding hydrogens is 336 g/mol. The number of benzene rings is 1. The molecule has 1 saturated carbocycles. The van der Waals surface area contributed by atoms with Crippen LogP contribution in [0.2, 0.25) is 0 Å². The van der Waals surface area contributed by atoms with Crippen LogP contribution < -0.4 is 15.5 Å². The minimum atomic E-state index is -0.230. The normalized spacial score (nSPS) is 27.4. The summed E-state index contributed by atoms with van der Waals surface area (Å²) in [5.74, 6) is 0.898. The van der Waals surface area contributed by atoms with Crippen molar-refractivity contribution in [3.63, 3.8) is 0 Å². The first-order valence-corrected chi connectivity index (χ1v) is 10.6. The number of nitrogens with one attached hydrogen (secondary N) is 2. The van der Waals surface area contributed by atoms with Gasteiger partial charge in [-0.15, -0.1) is 0 Å². The van der Waals surface area contributed by atoms with Gasteiger partial charge < -0.3 is 20.6 Å². The number of guanidine groups is 1. The summed E-state index contributed by atoms with van der Waals surface area (Å²) in [6, 6.07) is 11.1. The average Bonchev–Trinajstić information content (AvgIpc) is 2.70. The highest BCUT2D eigenvalue weighted by Gasteiger charge is 2.35. The molecule has 2 atom stereocenters. The Labute approximate surface area is 164 Å². The molecule has 2 fully saturated rings. The van der Waals surface area contributed by atoms with E-state index in [-0.39, 0.29) is 11.5 Å². The largest absolute Gasteiger partial charge is 0.392 e. The molecule has 0 amide bonds. The van der Waals surface area contributed by atoms with Crippen LogP contribution in [0.15, 0.2) is 35.3 Å². The second-order valence-electron chi connectivity index (χ2n) is 8.35. The smallest absolute Gasteiger partial charge is 0.191 e. The van der Waals surface area contributed by atoms with Gasteiger partial charge in [0.05, 0.1) is 12.6 Å². The van der Waals surface area contributed by atoms with Crippen molar-refractivity contribution in [3.05, 3.63) is 30.3 Å². The van der Waals surface area contributed by atoms with Crippen molar-refractivity contribution >= 4 is 11.6 Å². The average molecular weight is 373 g/mol. The highest BCUT2D eigenvalue weighted by atomic mass is 16.3. The number of para-hydroxylation sites is 1. The molecule has 3 rings (SSSR count). The number of aliphatic hydroxyl groups is 1. The molecule has 1 aliphatic carbocycles. The fourth-order valence-corrected chi connectivity index (χ4v) is 4.26. The maximum atomic E-state index is 10.4. The quantitative estimate of drug-likeness (QED) is 0.549. The molecule has 0 radical (unpaired) electrons. The Morgan fingerprint density at radius 1 is 1.19 bits per heavy atom. The summed E-state index contributed by atoms with van der Waals surface area (Å²) in [4.78, 5) is 7.31. The van der Waals surface area contributed by atoms with Crippen LogP contribution in [0, 0.1) is 5.41 Å². The Balaban J connectivity index is 1.54. The van der Waals surface area contributed by atoms with Gasteiger partial charge in [0, 0.05) is 36.8 Å². The van der Waals surface area contributed by atoms with E-state index in [1.165, 1.54) is 12.1 Å². The summed E-state index contributed by atoms with van der Waals surface area (Å²) in [5, 5.41) is 17.4. The topological polar surface area (TPSA) is 59.9 Å². The van der Waals surface area contributed by atoms with Gasteiger partial charge in [-0.3, -0.25) is 4.99 Å². The summed E-state index contributed by atoms with van der Waals surface area (Å²) in [6.45, 7) is 7.96. The minimum absolute atomic E-state index is 0.0860. The molecule has 1 aliphatic heterocycles. The van der Waals surface area contributed by atoms with E-state index in [1.807, 2.05) is 0 Å². The van der Waals surface area contributed by atoms with Gasteiger partial charge in [-0.25, -0.2) is 0 Å². The first-order chi connectivity index (χ1) is 13.1. The van der Waals surface area contributed by atoms with E-state index in [1.54, 1.807) is 0 Å². The third-order valence-corrected chi connectivity index (χ3v) is 6.18. The van der Waals surface area contributed by atoms with Crippen LogP contribution in [0.1, 0.15) is 52.4 Å². The van der Waals surface area contributed by atoms with E-state index in [0.717, 1.165) is 57.7 Å². The number of hydrogen-bond donors (Lipinski definition) is 3. The van der Waals surface area contributed by atoms with Gasteiger partial charge >= 0.3 is 0 Å². The number of nitrogens with zero attached hydrogens (tertiary/aromatic N) is 2. The summed E-state index contributed by atoms with van der Waals surface area (Å²) in [7, 11) is 0. The molecule has 0 spiro atoms. The van der Waals surface area contributed by atoms with E-state index < -0.39 is 0 Å². The Kier molecular flexibility index (Phi) is 7.00. The number of piperidine rings is 1. The first-order valence-electron chi connectivity index (χ1n) is 10.6. The van der Waals surface area contributed by atoms with Crippen molar-refractivity contribution in [1.82, 2.24) is 10.6 Å².